The Morgan fingerprint density at radius 2 is 1.71 bits per heavy atom. The van der Waals surface area contributed by atoms with Gasteiger partial charge in [-0.1, -0.05) is 35.9 Å². The quantitative estimate of drug-likeness (QED) is 0.795. The number of halogens is 1. The Bertz CT molecular complexity index is 903. The van der Waals surface area contributed by atoms with Crippen LogP contribution in [0.15, 0.2) is 42.5 Å². The maximum Gasteiger partial charge on any atom is 0.230 e. The highest BCUT2D eigenvalue weighted by molar-refractivity contribution is 6.31. The molecule has 1 N–H and O–H groups in total. The molecule has 1 aliphatic carbocycles. The zero-order valence-electron chi connectivity index (χ0n) is 16.1. The minimum absolute atomic E-state index is 0.0168. The smallest absolute Gasteiger partial charge is 0.230 e. The highest BCUT2D eigenvalue weighted by atomic mass is 35.5. The summed E-state index contributed by atoms with van der Waals surface area (Å²) < 4.78 is 0. The van der Waals surface area contributed by atoms with Crippen molar-refractivity contribution in [3.8, 4) is 0 Å². The third-order valence-corrected chi connectivity index (χ3v) is 6.54. The molecule has 0 atom stereocenters. The normalized spacial score (nSPS) is 21.3. The summed E-state index contributed by atoms with van der Waals surface area (Å²) in [6.07, 6.45) is 3.96. The van der Waals surface area contributed by atoms with Gasteiger partial charge in [-0.2, -0.15) is 0 Å². The Kier molecular flexibility index (Phi) is 5.40. The van der Waals surface area contributed by atoms with Crippen LogP contribution >= 0.6 is 11.6 Å². The second-order valence-electron chi connectivity index (χ2n) is 7.82. The number of nitrogens with zero attached hydrogens (tertiary/aromatic N) is 1. The summed E-state index contributed by atoms with van der Waals surface area (Å²) in [7, 11) is 0. The highest BCUT2D eigenvalue weighted by Gasteiger charge is 2.34. The predicted molar refractivity (Wildman–Crippen MR) is 113 cm³/mol. The van der Waals surface area contributed by atoms with Crippen molar-refractivity contribution in [2.75, 3.05) is 16.8 Å². The Hall–Kier alpha value is -2.33. The first-order valence-electron chi connectivity index (χ1n) is 10.00. The maximum atomic E-state index is 13.0. The molecule has 0 unspecified atom stereocenters. The molecule has 1 saturated carbocycles. The first-order valence-corrected chi connectivity index (χ1v) is 10.4. The van der Waals surface area contributed by atoms with E-state index in [1.54, 1.807) is 0 Å². The first-order chi connectivity index (χ1) is 13.5. The molecule has 4 nitrogen and oxygen atoms in total. The van der Waals surface area contributed by atoms with Gasteiger partial charge in [-0.15, -0.1) is 0 Å². The molecule has 146 valence electrons. The summed E-state index contributed by atoms with van der Waals surface area (Å²) in [5.74, 6) is 0.216. The minimum Gasteiger partial charge on any atom is -0.326 e. The zero-order valence-corrected chi connectivity index (χ0v) is 16.8. The van der Waals surface area contributed by atoms with Crippen LogP contribution in [-0.4, -0.2) is 18.4 Å². The molecule has 28 heavy (non-hydrogen) atoms. The van der Waals surface area contributed by atoms with E-state index in [2.05, 4.69) is 11.4 Å². The van der Waals surface area contributed by atoms with E-state index in [0.717, 1.165) is 55.6 Å². The molecule has 0 saturated heterocycles. The van der Waals surface area contributed by atoms with Gasteiger partial charge in [0.15, 0.2) is 0 Å². The lowest BCUT2D eigenvalue weighted by Crippen LogP contribution is -2.38. The molecule has 2 aliphatic rings. The van der Waals surface area contributed by atoms with Crippen LogP contribution in [-0.2, 0) is 16.0 Å². The predicted octanol–water partition coefficient (Wildman–Crippen LogP) is 4.98. The molecule has 4 rings (SSSR count). The molecule has 0 bridgehead atoms. The largest absolute Gasteiger partial charge is 0.326 e. The second-order valence-corrected chi connectivity index (χ2v) is 8.23. The lowest BCUT2D eigenvalue weighted by Gasteiger charge is -2.30. The Balaban J connectivity index is 1.35. The van der Waals surface area contributed by atoms with E-state index in [-0.39, 0.29) is 23.7 Å². The van der Waals surface area contributed by atoms with Crippen molar-refractivity contribution in [2.24, 2.45) is 11.8 Å². The number of anilines is 2. The van der Waals surface area contributed by atoms with E-state index in [4.69, 9.17) is 11.6 Å². The molecule has 0 spiro atoms. The Morgan fingerprint density at radius 3 is 2.50 bits per heavy atom. The summed E-state index contributed by atoms with van der Waals surface area (Å²) in [4.78, 5) is 27.6. The molecular formula is C23H25ClN2O2. The van der Waals surface area contributed by atoms with E-state index in [9.17, 15) is 9.59 Å². The third-order valence-electron chi connectivity index (χ3n) is 6.13. The van der Waals surface area contributed by atoms with Crippen molar-refractivity contribution in [1.82, 2.24) is 0 Å². The number of benzene rings is 2. The van der Waals surface area contributed by atoms with E-state index in [1.165, 1.54) is 5.56 Å². The van der Waals surface area contributed by atoms with Gasteiger partial charge in [0, 0.05) is 34.8 Å². The van der Waals surface area contributed by atoms with Crippen LogP contribution in [0.3, 0.4) is 0 Å². The SMILES string of the molecule is Cc1c(Cl)cccc1NC(=O)C1CCC(C(=O)N2CCc3ccccc32)CC1. The molecule has 5 heteroatoms. The summed E-state index contributed by atoms with van der Waals surface area (Å²) in [5, 5.41) is 3.67. The van der Waals surface area contributed by atoms with Crippen LogP contribution in [0.1, 0.15) is 36.8 Å². The zero-order chi connectivity index (χ0) is 19.7. The van der Waals surface area contributed by atoms with Gasteiger partial charge in [0.05, 0.1) is 0 Å². The van der Waals surface area contributed by atoms with Gasteiger partial charge in [0.1, 0.15) is 0 Å². The van der Waals surface area contributed by atoms with Crippen molar-refractivity contribution in [3.05, 3.63) is 58.6 Å². The van der Waals surface area contributed by atoms with Crippen molar-refractivity contribution < 1.29 is 9.59 Å². The van der Waals surface area contributed by atoms with Gasteiger partial charge in [-0.25, -0.2) is 0 Å². The number of para-hydroxylation sites is 1. The number of fused-ring (bicyclic) bond motifs is 1. The number of amides is 2. The summed E-state index contributed by atoms with van der Waals surface area (Å²) >= 11 is 6.14. The van der Waals surface area contributed by atoms with Gasteiger partial charge in [-0.05, 0) is 68.4 Å². The van der Waals surface area contributed by atoms with E-state index < -0.39 is 0 Å². The Labute approximate surface area is 170 Å². The molecule has 1 fully saturated rings. The Morgan fingerprint density at radius 1 is 1.00 bits per heavy atom. The average Bonchev–Trinajstić information content (AvgIpc) is 3.15. The van der Waals surface area contributed by atoms with E-state index >= 15 is 0 Å². The number of rotatable bonds is 3. The molecule has 2 aromatic carbocycles. The molecule has 0 radical (unpaired) electrons. The van der Waals surface area contributed by atoms with Crippen LogP contribution in [0.5, 0.6) is 0 Å². The number of hydrogen-bond donors (Lipinski definition) is 1. The van der Waals surface area contributed by atoms with Gasteiger partial charge in [-0.3, -0.25) is 9.59 Å². The fourth-order valence-corrected chi connectivity index (χ4v) is 4.54. The van der Waals surface area contributed by atoms with Gasteiger partial charge in [0.25, 0.3) is 0 Å². The molecule has 0 aromatic heterocycles. The van der Waals surface area contributed by atoms with Crippen molar-refractivity contribution in [3.63, 3.8) is 0 Å². The van der Waals surface area contributed by atoms with Crippen molar-refractivity contribution >= 4 is 34.8 Å². The summed E-state index contributed by atoms with van der Waals surface area (Å²) in [6, 6.07) is 13.7. The standard InChI is InChI=1S/C23H25ClN2O2/c1-15-19(24)6-4-7-20(15)25-22(27)17-9-11-18(12-10-17)23(28)26-14-13-16-5-2-3-8-21(16)26/h2-8,17-18H,9-14H2,1H3,(H,25,27). The van der Waals surface area contributed by atoms with E-state index in [1.807, 2.05) is 48.2 Å². The first kappa shape index (κ1) is 19.0. The van der Waals surface area contributed by atoms with Crippen LogP contribution in [0, 0.1) is 18.8 Å². The number of carbonyl (C=O) groups is 2. The highest BCUT2D eigenvalue weighted by Crippen LogP contribution is 2.35. The fraction of sp³-hybridized carbons (Fsp3) is 0.391. The monoisotopic (exact) mass is 396 g/mol. The molecule has 2 amide bonds. The van der Waals surface area contributed by atoms with Gasteiger partial charge in [0.2, 0.25) is 11.8 Å². The summed E-state index contributed by atoms with van der Waals surface area (Å²) in [5.41, 5.74) is 3.96. The third kappa shape index (κ3) is 3.66. The lowest BCUT2D eigenvalue weighted by molar-refractivity contribution is -0.126. The fourth-order valence-electron chi connectivity index (χ4n) is 4.37. The van der Waals surface area contributed by atoms with Crippen LogP contribution in [0.2, 0.25) is 5.02 Å². The minimum atomic E-state index is -0.0479. The van der Waals surface area contributed by atoms with E-state index in [0.29, 0.717) is 5.02 Å². The average molecular weight is 397 g/mol. The maximum absolute atomic E-state index is 13.0. The number of hydrogen-bond acceptors (Lipinski definition) is 2. The second kappa shape index (κ2) is 7.96. The van der Waals surface area contributed by atoms with Crippen molar-refractivity contribution in [1.29, 1.82) is 0 Å². The number of carbonyl (C=O) groups excluding carboxylic acids is 2. The van der Waals surface area contributed by atoms with Crippen LogP contribution in [0.4, 0.5) is 11.4 Å². The molecule has 2 aromatic rings. The molecule has 1 heterocycles. The van der Waals surface area contributed by atoms with Crippen LogP contribution < -0.4 is 10.2 Å². The number of nitrogens with one attached hydrogen (secondary N) is 1. The van der Waals surface area contributed by atoms with Crippen molar-refractivity contribution in [2.45, 2.75) is 39.0 Å². The summed E-state index contributed by atoms with van der Waals surface area (Å²) in [6.45, 7) is 2.67. The molecule has 1 aliphatic heterocycles. The topological polar surface area (TPSA) is 49.4 Å². The van der Waals surface area contributed by atoms with Gasteiger partial charge < -0.3 is 10.2 Å². The van der Waals surface area contributed by atoms with Crippen LogP contribution in [0.25, 0.3) is 0 Å². The van der Waals surface area contributed by atoms with Gasteiger partial charge >= 0.3 is 0 Å². The molecular weight excluding hydrogens is 372 g/mol. The lowest BCUT2D eigenvalue weighted by atomic mass is 9.81.